The number of amides is 1. The largest absolute Gasteiger partial charge is 0.352 e. The van der Waals surface area contributed by atoms with Crippen molar-refractivity contribution in [1.29, 1.82) is 0 Å². The van der Waals surface area contributed by atoms with Gasteiger partial charge in [0.1, 0.15) is 4.64 Å². The summed E-state index contributed by atoms with van der Waals surface area (Å²) in [6.45, 7) is 3.96. The number of para-hydroxylation sites is 1. The Balaban J connectivity index is 1.43. The average molecular weight is 364 g/mol. The number of carbonyl (C=O) groups is 1. The van der Waals surface area contributed by atoms with Crippen LogP contribution >= 0.6 is 12.2 Å². The predicted molar refractivity (Wildman–Crippen MR) is 105 cm³/mol. The molecule has 3 heterocycles. The summed E-state index contributed by atoms with van der Waals surface area (Å²) >= 11 is 5.23. The summed E-state index contributed by atoms with van der Waals surface area (Å²) in [6.07, 6.45) is 3.58. The molecule has 1 saturated heterocycles. The van der Waals surface area contributed by atoms with Crippen LogP contribution in [-0.2, 0) is 6.54 Å². The second-order valence-electron chi connectivity index (χ2n) is 6.47. The third-order valence-corrected chi connectivity index (χ3v) is 5.16. The number of piperazine rings is 1. The number of fused-ring (bicyclic) bond motifs is 1. The van der Waals surface area contributed by atoms with E-state index in [0.29, 0.717) is 23.3 Å². The summed E-state index contributed by atoms with van der Waals surface area (Å²) in [4.78, 5) is 24.4. The number of pyridine rings is 2. The number of aromatic amines is 1. The van der Waals surface area contributed by atoms with Gasteiger partial charge in [-0.2, -0.15) is 0 Å². The van der Waals surface area contributed by atoms with Crippen molar-refractivity contribution in [3.63, 3.8) is 0 Å². The van der Waals surface area contributed by atoms with E-state index in [9.17, 15) is 4.79 Å². The molecule has 1 aromatic carbocycles. The highest BCUT2D eigenvalue weighted by molar-refractivity contribution is 7.71. The quantitative estimate of drug-likeness (QED) is 0.725. The van der Waals surface area contributed by atoms with Gasteiger partial charge >= 0.3 is 0 Å². The van der Waals surface area contributed by atoms with Crippen LogP contribution in [0.4, 0.5) is 0 Å². The van der Waals surface area contributed by atoms with Crippen molar-refractivity contribution in [3.05, 3.63) is 70.6 Å². The van der Waals surface area contributed by atoms with E-state index >= 15 is 0 Å². The molecular weight excluding hydrogens is 344 g/mol. The molecule has 0 aliphatic carbocycles. The molecule has 0 radical (unpaired) electrons. The zero-order valence-corrected chi connectivity index (χ0v) is 15.2. The van der Waals surface area contributed by atoms with Crippen LogP contribution in [0.1, 0.15) is 15.9 Å². The predicted octanol–water partition coefficient (Wildman–Crippen LogP) is 3.25. The van der Waals surface area contributed by atoms with E-state index in [0.717, 1.165) is 30.5 Å². The lowest BCUT2D eigenvalue weighted by molar-refractivity contribution is 0.0628. The van der Waals surface area contributed by atoms with Gasteiger partial charge in [0.15, 0.2) is 0 Å². The zero-order chi connectivity index (χ0) is 17.9. The summed E-state index contributed by atoms with van der Waals surface area (Å²) < 4.78 is 0.502. The number of carbonyl (C=O) groups excluding carboxylic acids is 1. The van der Waals surface area contributed by atoms with Gasteiger partial charge in [0.2, 0.25) is 0 Å². The number of hydrogen-bond acceptors (Lipinski definition) is 4. The van der Waals surface area contributed by atoms with Gasteiger partial charge in [0, 0.05) is 50.5 Å². The first-order valence-electron chi connectivity index (χ1n) is 8.74. The molecule has 0 spiro atoms. The van der Waals surface area contributed by atoms with Crippen LogP contribution in [0.5, 0.6) is 0 Å². The van der Waals surface area contributed by atoms with Crippen LogP contribution in [0.25, 0.3) is 10.9 Å². The van der Waals surface area contributed by atoms with E-state index in [2.05, 4.69) is 39.1 Å². The smallest absolute Gasteiger partial charge is 0.256 e. The zero-order valence-electron chi connectivity index (χ0n) is 14.4. The van der Waals surface area contributed by atoms with Crippen LogP contribution < -0.4 is 0 Å². The topological polar surface area (TPSA) is 52.2 Å². The Kier molecular flexibility index (Phi) is 4.77. The Labute approximate surface area is 157 Å². The molecule has 3 aromatic rings. The van der Waals surface area contributed by atoms with Crippen LogP contribution in [0.3, 0.4) is 0 Å². The summed E-state index contributed by atoms with van der Waals surface area (Å²) in [5.41, 5.74) is 2.87. The molecule has 0 atom stereocenters. The summed E-state index contributed by atoms with van der Waals surface area (Å²) in [6, 6.07) is 14.0. The monoisotopic (exact) mass is 364 g/mol. The number of rotatable bonds is 3. The van der Waals surface area contributed by atoms with E-state index in [-0.39, 0.29) is 5.91 Å². The van der Waals surface area contributed by atoms with Crippen LogP contribution in [0.15, 0.2) is 54.9 Å². The lowest BCUT2D eigenvalue weighted by Crippen LogP contribution is -2.48. The van der Waals surface area contributed by atoms with E-state index in [1.807, 2.05) is 23.2 Å². The van der Waals surface area contributed by atoms with Crippen molar-refractivity contribution < 1.29 is 4.79 Å². The molecule has 0 unspecified atom stereocenters. The highest BCUT2D eigenvalue weighted by atomic mass is 32.1. The molecule has 1 fully saturated rings. The van der Waals surface area contributed by atoms with Gasteiger partial charge in [-0.3, -0.25) is 14.7 Å². The molecule has 1 N–H and O–H groups in total. The van der Waals surface area contributed by atoms with Crippen LogP contribution in [-0.4, -0.2) is 51.9 Å². The molecule has 0 bridgehead atoms. The summed E-state index contributed by atoms with van der Waals surface area (Å²) in [5.74, 6) is 0.0123. The second-order valence-corrected chi connectivity index (χ2v) is 6.88. The molecule has 1 aliphatic heterocycles. The van der Waals surface area contributed by atoms with Crippen LogP contribution in [0, 0.1) is 4.64 Å². The molecule has 1 amide bonds. The van der Waals surface area contributed by atoms with E-state index in [1.165, 1.54) is 5.56 Å². The minimum Gasteiger partial charge on any atom is -0.352 e. The molecule has 4 rings (SSSR count). The molecule has 1 aliphatic rings. The molecule has 132 valence electrons. The lowest BCUT2D eigenvalue weighted by Gasteiger charge is -2.34. The van der Waals surface area contributed by atoms with Crippen molar-refractivity contribution in [2.24, 2.45) is 0 Å². The second kappa shape index (κ2) is 7.35. The fourth-order valence-corrected chi connectivity index (χ4v) is 3.63. The van der Waals surface area contributed by atoms with Crippen molar-refractivity contribution >= 4 is 29.0 Å². The standard InChI is InChI=1S/C20H20N4OS/c25-20(17-7-3-9-22-19(17)26)24-12-10-23(11-13-24)14-16-5-1-4-15-6-2-8-21-18(15)16/h1-9H,10-14H2,(H,22,26). The van der Waals surface area contributed by atoms with Gasteiger partial charge in [0.25, 0.3) is 5.91 Å². The molecule has 6 heteroatoms. The van der Waals surface area contributed by atoms with E-state index in [1.54, 1.807) is 12.3 Å². The number of aromatic nitrogens is 2. The maximum atomic E-state index is 12.7. The van der Waals surface area contributed by atoms with E-state index < -0.39 is 0 Å². The third-order valence-electron chi connectivity index (χ3n) is 4.82. The Bertz CT molecular complexity index is 987. The first kappa shape index (κ1) is 16.9. The number of benzene rings is 1. The Morgan fingerprint density at radius 3 is 2.69 bits per heavy atom. The Hall–Kier alpha value is -2.57. The minimum absolute atomic E-state index is 0.0123. The van der Waals surface area contributed by atoms with E-state index in [4.69, 9.17) is 12.2 Å². The minimum atomic E-state index is 0.0123. The highest BCUT2D eigenvalue weighted by Crippen LogP contribution is 2.19. The summed E-state index contributed by atoms with van der Waals surface area (Å²) in [7, 11) is 0. The number of nitrogens with zero attached hydrogens (tertiary/aromatic N) is 3. The molecule has 26 heavy (non-hydrogen) atoms. The van der Waals surface area contributed by atoms with Crippen LogP contribution in [0.2, 0.25) is 0 Å². The van der Waals surface area contributed by atoms with Crippen molar-refractivity contribution in [3.8, 4) is 0 Å². The third kappa shape index (κ3) is 3.38. The fourth-order valence-electron chi connectivity index (χ4n) is 3.41. The van der Waals surface area contributed by atoms with Crippen molar-refractivity contribution in [1.82, 2.24) is 19.8 Å². The molecular formula is C20H20N4OS. The summed E-state index contributed by atoms with van der Waals surface area (Å²) in [5, 5.41) is 1.16. The first-order valence-corrected chi connectivity index (χ1v) is 9.15. The molecule has 0 saturated carbocycles. The van der Waals surface area contributed by atoms with Crippen molar-refractivity contribution in [2.75, 3.05) is 26.2 Å². The fraction of sp³-hybridized carbons (Fsp3) is 0.250. The number of H-pyrrole nitrogens is 1. The SMILES string of the molecule is O=C(c1ccc[nH]c1=S)N1CCN(Cc2cccc3cccnc23)CC1. The van der Waals surface area contributed by atoms with Gasteiger partial charge in [0.05, 0.1) is 11.1 Å². The van der Waals surface area contributed by atoms with Gasteiger partial charge in [-0.05, 0) is 23.8 Å². The Morgan fingerprint density at radius 2 is 1.88 bits per heavy atom. The first-order chi connectivity index (χ1) is 12.7. The normalized spacial score (nSPS) is 15.3. The van der Waals surface area contributed by atoms with Gasteiger partial charge in [-0.15, -0.1) is 0 Å². The number of nitrogens with one attached hydrogen (secondary N) is 1. The highest BCUT2D eigenvalue weighted by Gasteiger charge is 2.23. The maximum Gasteiger partial charge on any atom is 0.256 e. The van der Waals surface area contributed by atoms with Crippen molar-refractivity contribution in [2.45, 2.75) is 6.54 Å². The average Bonchev–Trinajstić information content (AvgIpc) is 2.69. The van der Waals surface area contributed by atoms with Gasteiger partial charge < -0.3 is 9.88 Å². The lowest BCUT2D eigenvalue weighted by atomic mass is 10.1. The Morgan fingerprint density at radius 1 is 1.08 bits per heavy atom. The number of hydrogen-bond donors (Lipinski definition) is 1. The molecule has 5 nitrogen and oxygen atoms in total. The van der Waals surface area contributed by atoms with Gasteiger partial charge in [-0.25, -0.2) is 0 Å². The molecule has 2 aromatic heterocycles. The van der Waals surface area contributed by atoms with Gasteiger partial charge in [-0.1, -0.05) is 36.5 Å². The maximum absolute atomic E-state index is 12.7.